The van der Waals surface area contributed by atoms with Gasteiger partial charge in [-0.1, -0.05) is 5.57 Å². The van der Waals surface area contributed by atoms with Gasteiger partial charge in [0.25, 0.3) is 0 Å². The molecule has 0 aromatic heterocycles. The van der Waals surface area contributed by atoms with Crippen molar-refractivity contribution < 1.29 is 0 Å². The van der Waals surface area contributed by atoms with Crippen LogP contribution in [-0.4, -0.2) is 0 Å². The van der Waals surface area contributed by atoms with Gasteiger partial charge < -0.3 is 0 Å². The first-order valence-electron chi connectivity index (χ1n) is 6.00. The Morgan fingerprint density at radius 1 is 0.625 bits per heavy atom. The van der Waals surface area contributed by atoms with Crippen molar-refractivity contribution >= 4 is 0 Å². The maximum atomic E-state index is 2.25. The van der Waals surface area contributed by atoms with E-state index in [1.165, 1.54) is 44.6 Å². The summed E-state index contributed by atoms with van der Waals surface area (Å²) in [5, 5.41) is 0. The van der Waals surface area contributed by atoms with Crippen LogP contribution in [0, 0.1) is 0 Å². The van der Waals surface area contributed by atoms with Crippen molar-refractivity contribution in [2.45, 2.75) is 55.4 Å². The minimum absolute atomic E-state index is 1.41. The van der Waals surface area contributed by atoms with Crippen LogP contribution in [-0.2, 0) is 0 Å². The lowest BCUT2D eigenvalue weighted by molar-refractivity contribution is 1.18. The molecule has 0 aromatic carbocycles. The molecule has 16 heavy (non-hydrogen) atoms. The molecule has 0 saturated heterocycles. The second-order valence-corrected chi connectivity index (χ2v) is 5.12. The van der Waals surface area contributed by atoms with Gasteiger partial charge in [0.1, 0.15) is 0 Å². The SMILES string of the molecule is CC(C)=C(C)C(C)=C1C(C)=C(C)C(C)=C1C. The minimum Gasteiger partial charge on any atom is -0.0732 e. The van der Waals surface area contributed by atoms with Crippen LogP contribution in [0.5, 0.6) is 0 Å². The molecule has 0 heteroatoms. The van der Waals surface area contributed by atoms with Gasteiger partial charge in [0.05, 0.1) is 0 Å². The number of hydrogen-bond donors (Lipinski definition) is 0. The summed E-state index contributed by atoms with van der Waals surface area (Å²) in [6.07, 6.45) is 0. The van der Waals surface area contributed by atoms with Gasteiger partial charge in [-0.05, 0) is 94.4 Å². The molecule has 0 fully saturated rings. The largest absolute Gasteiger partial charge is 0.0732 e. The molecule has 1 aliphatic rings. The lowest BCUT2D eigenvalue weighted by atomic mass is 9.93. The van der Waals surface area contributed by atoms with E-state index in [-0.39, 0.29) is 0 Å². The summed E-state index contributed by atoms with van der Waals surface area (Å²) in [6, 6.07) is 0. The summed E-state index contributed by atoms with van der Waals surface area (Å²) in [6.45, 7) is 17.8. The maximum Gasteiger partial charge on any atom is -0.0161 e. The molecule has 0 aliphatic heterocycles. The lowest BCUT2D eigenvalue weighted by Gasteiger charge is -2.12. The third kappa shape index (κ3) is 1.93. The summed E-state index contributed by atoms with van der Waals surface area (Å²) in [5.41, 5.74) is 11.5. The zero-order valence-electron chi connectivity index (χ0n) is 12.0. The Labute approximate surface area is 100 Å². The highest BCUT2D eigenvalue weighted by atomic mass is 14.2. The van der Waals surface area contributed by atoms with Crippen LogP contribution in [0.2, 0.25) is 0 Å². The Balaban J connectivity index is 3.48. The predicted molar refractivity (Wildman–Crippen MR) is 73.5 cm³/mol. The Hall–Kier alpha value is -1.04. The van der Waals surface area contributed by atoms with Gasteiger partial charge in [-0.25, -0.2) is 0 Å². The lowest BCUT2D eigenvalue weighted by Crippen LogP contribution is -1.93. The van der Waals surface area contributed by atoms with Crippen molar-refractivity contribution in [1.82, 2.24) is 0 Å². The average Bonchev–Trinajstić information content (AvgIpc) is 2.41. The number of hydrogen-bond acceptors (Lipinski definition) is 0. The van der Waals surface area contributed by atoms with Crippen molar-refractivity contribution in [2.24, 2.45) is 0 Å². The molecule has 0 N–H and O–H groups in total. The average molecular weight is 216 g/mol. The molecule has 0 saturated carbocycles. The van der Waals surface area contributed by atoms with Gasteiger partial charge in [0.2, 0.25) is 0 Å². The highest BCUT2D eigenvalue weighted by Gasteiger charge is 2.20. The molecule has 0 unspecified atom stereocenters. The van der Waals surface area contributed by atoms with E-state index in [2.05, 4.69) is 55.4 Å². The first-order chi connectivity index (χ1) is 7.29. The number of rotatable bonds is 1. The highest BCUT2D eigenvalue weighted by Crippen LogP contribution is 2.39. The molecule has 0 amide bonds. The van der Waals surface area contributed by atoms with Crippen molar-refractivity contribution in [3.05, 3.63) is 44.6 Å². The topological polar surface area (TPSA) is 0 Å². The van der Waals surface area contributed by atoms with Crippen LogP contribution >= 0.6 is 0 Å². The first kappa shape index (κ1) is 13.0. The Morgan fingerprint density at radius 2 is 1.00 bits per heavy atom. The zero-order chi connectivity index (χ0) is 12.6. The van der Waals surface area contributed by atoms with Crippen LogP contribution < -0.4 is 0 Å². The van der Waals surface area contributed by atoms with Crippen molar-refractivity contribution in [3.8, 4) is 0 Å². The van der Waals surface area contributed by atoms with Gasteiger partial charge in [-0.15, -0.1) is 0 Å². The highest BCUT2D eigenvalue weighted by molar-refractivity contribution is 5.65. The van der Waals surface area contributed by atoms with Crippen molar-refractivity contribution in [1.29, 1.82) is 0 Å². The fourth-order valence-electron chi connectivity index (χ4n) is 2.34. The third-order valence-electron chi connectivity index (χ3n) is 4.12. The van der Waals surface area contributed by atoms with E-state index < -0.39 is 0 Å². The molecular formula is C16H24. The monoisotopic (exact) mass is 216 g/mol. The third-order valence-corrected chi connectivity index (χ3v) is 4.12. The molecule has 0 spiro atoms. The molecule has 88 valence electrons. The smallest absolute Gasteiger partial charge is 0.0161 e. The quantitative estimate of drug-likeness (QED) is 0.554. The van der Waals surface area contributed by atoms with Crippen LogP contribution in [0.3, 0.4) is 0 Å². The summed E-state index contributed by atoms with van der Waals surface area (Å²) in [7, 11) is 0. The summed E-state index contributed by atoms with van der Waals surface area (Å²) in [5.74, 6) is 0. The van der Waals surface area contributed by atoms with Gasteiger partial charge in [0, 0.05) is 0 Å². The van der Waals surface area contributed by atoms with Gasteiger partial charge in [-0.2, -0.15) is 0 Å². The molecule has 1 rings (SSSR count). The van der Waals surface area contributed by atoms with Crippen molar-refractivity contribution in [2.75, 3.05) is 0 Å². The summed E-state index contributed by atoms with van der Waals surface area (Å²) >= 11 is 0. The van der Waals surface area contributed by atoms with E-state index in [0.29, 0.717) is 0 Å². The normalized spacial score (nSPS) is 16.1. The predicted octanol–water partition coefficient (Wildman–Crippen LogP) is 5.35. The van der Waals surface area contributed by atoms with Crippen LogP contribution in [0.4, 0.5) is 0 Å². The van der Waals surface area contributed by atoms with E-state index in [9.17, 15) is 0 Å². The van der Waals surface area contributed by atoms with Gasteiger partial charge in [-0.3, -0.25) is 0 Å². The molecule has 0 atom stereocenters. The Kier molecular flexibility index (Phi) is 3.62. The van der Waals surface area contributed by atoms with E-state index in [4.69, 9.17) is 0 Å². The zero-order valence-corrected chi connectivity index (χ0v) is 12.0. The van der Waals surface area contributed by atoms with E-state index in [1.54, 1.807) is 0 Å². The van der Waals surface area contributed by atoms with Crippen LogP contribution in [0.25, 0.3) is 0 Å². The second-order valence-electron chi connectivity index (χ2n) is 5.12. The fraction of sp³-hybridized carbons (Fsp3) is 0.500. The van der Waals surface area contributed by atoms with E-state index in [0.717, 1.165) is 0 Å². The van der Waals surface area contributed by atoms with Crippen LogP contribution in [0.1, 0.15) is 55.4 Å². The summed E-state index contributed by atoms with van der Waals surface area (Å²) in [4.78, 5) is 0. The molecule has 0 bridgehead atoms. The fourth-order valence-corrected chi connectivity index (χ4v) is 2.34. The first-order valence-corrected chi connectivity index (χ1v) is 6.00. The molecule has 0 heterocycles. The molecule has 0 nitrogen and oxygen atoms in total. The number of allylic oxidation sites excluding steroid dienone is 8. The van der Waals surface area contributed by atoms with E-state index >= 15 is 0 Å². The van der Waals surface area contributed by atoms with Gasteiger partial charge >= 0.3 is 0 Å². The van der Waals surface area contributed by atoms with E-state index in [1.807, 2.05) is 0 Å². The second kappa shape index (κ2) is 4.45. The molecule has 0 radical (unpaired) electrons. The summed E-state index contributed by atoms with van der Waals surface area (Å²) < 4.78 is 0. The Bertz CT molecular complexity index is 418. The van der Waals surface area contributed by atoms with Crippen LogP contribution in [0.15, 0.2) is 44.6 Å². The molecule has 1 aliphatic carbocycles. The minimum atomic E-state index is 1.41. The van der Waals surface area contributed by atoms with Gasteiger partial charge in [0.15, 0.2) is 0 Å². The Morgan fingerprint density at radius 3 is 1.31 bits per heavy atom. The maximum absolute atomic E-state index is 2.25. The molecular weight excluding hydrogens is 192 g/mol. The molecule has 0 aromatic rings. The van der Waals surface area contributed by atoms with Crippen molar-refractivity contribution in [3.63, 3.8) is 0 Å². The standard InChI is InChI=1S/C16H24/c1-9(2)10(3)13(6)16-14(7)11(4)12(5)15(16)8/h1-8H3.